The smallest absolute Gasteiger partial charge is 0.253 e. The summed E-state index contributed by atoms with van der Waals surface area (Å²) in [5.74, 6) is -0.0663. The molecule has 2 rings (SSSR count). The highest BCUT2D eigenvalue weighted by Crippen LogP contribution is 2.30. The van der Waals surface area contributed by atoms with Crippen molar-refractivity contribution in [1.29, 1.82) is 0 Å². The summed E-state index contributed by atoms with van der Waals surface area (Å²) in [6.45, 7) is 2.28. The van der Waals surface area contributed by atoms with Gasteiger partial charge in [-0.15, -0.1) is 0 Å². The first kappa shape index (κ1) is 13.9. The molecule has 0 aromatic heterocycles. The Morgan fingerprint density at radius 3 is 2.63 bits per heavy atom. The summed E-state index contributed by atoms with van der Waals surface area (Å²) >= 11 is 0. The van der Waals surface area contributed by atoms with Crippen molar-refractivity contribution in [2.45, 2.75) is 38.2 Å². The van der Waals surface area contributed by atoms with Crippen molar-refractivity contribution in [3.8, 4) is 0 Å². The summed E-state index contributed by atoms with van der Waals surface area (Å²) in [7, 11) is 1.74. The summed E-state index contributed by atoms with van der Waals surface area (Å²) in [6, 6.07) is 5.29. The first-order valence-electron chi connectivity index (χ1n) is 6.75. The van der Waals surface area contributed by atoms with Crippen LogP contribution in [-0.2, 0) is 0 Å². The van der Waals surface area contributed by atoms with Crippen molar-refractivity contribution in [2.75, 3.05) is 19.3 Å². The first-order chi connectivity index (χ1) is 8.91. The maximum absolute atomic E-state index is 12.3. The lowest BCUT2D eigenvalue weighted by molar-refractivity contribution is 0.0157. The number of aryl methyl sites for hydroxylation is 1. The molecule has 1 aliphatic carbocycles. The third-order valence-electron chi connectivity index (χ3n) is 3.93. The van der Waals surface area contributed by atoms with Gasteiger partial charge < -0.3 is 15.7 Å². The van der Waals surface area contributed by atoms with Crippen LogP contribution in [0.4, 0.5) is 5.69 Å². The number of carbonyl (C=O) groups is 1. The maximum Gasteiger partial charge on any atom is 0.253 e. The van der Waals surface area contributed by atoms with Gasteiger partial charge in [-0.25, -0.2) is 0 Å². The fourth-order valence-corrected chi connectivity index (χ4v) is 2.73. The molecule has 1 aliphatic rings. The molecule has 4 nitrogen and oxygen atoms in total. The van der Waals surface area contributed by atoms with Crippen molar-refractivity contribution < 1.29 is 9.90 Å². The zero-order valence-corrected chi connectivity index (χ0v) is 11.6. The lowest BCUT2D eigenvalue weighted by atomic mass is 10.0. The summed E-state index contributed by atoms with van der Waals surface area (Å²) in [6.07, 6.45) is 3.65. The Bertz CT molecular complexity index is 479. The highest BCUT2D eigenvalue weighted by Gasteiger charge is 2.33. The van der Waals surface area contributed by atoms with Crippen LogP contribution >= 0.6 is 0 Å². The van der Waals surface area contributed by atoms with Gasteiger partial charge in [0, 0.05) is 24.8 Å². The fraction of sp³-hybridized carbons (Fsp3) is 0.533. The molecule has 0 aliphatic heterocycles. The maximum atomic E-state index is 12.3. The van der Waals surface area contributed by atoms with Crippen LogP contribution in [0.5, 0.6) is 0 Å². The molecule has 19 heavy (non-hydrogen) atoms. The number of hydrogen-bond donors (Lipinski definition) is 2. The zero-order valence-electron chi connectivity index (χ0n) is 11.6. The molecule has 1 saturated carbocycles. The number of anilines is 1. The number of aliphatic hydroxyl groups is 1. The van der Waals surface area contributed by atoms with E-state index in [1.165, 1.54) is 0 Å². The summed E-state index contributed by atoms with van der Waals surface area (Å²) in [4.78, 5) is 13.9. The first-order valence-corrected chi connectivity index (χ1v) is 6.75. The number of nitrogens with zero attached hydrogens (tertiary/aromatic N) is 1. The summed E-state index contributed by atoms with van der Waals surface area (Å²) in [5, 5.41) is 10.3. The van der Waals surface area contributed by atoms with E-state index in [0.717, 1.165) is 31.2 Å². The van der Waals surface area contributed by atoms with Gasteiger partial charge in [-0.05, 0) is 43.5 Å². The topological polar surface area (TPSA) is 66.6 Å². The predicted octanol–water partition coefficient (Wildman–Crippen LogP) is 1.95. The highest BCUT2D eigenvalue weighted by molar-refractivity contribution is 5.94. The number of nitrogens with two attached hydrogens (primary N) is 1. The highest BCUT2D eigenvalue weighted by atomic mass is 16.3. The van der Waals surface area contributed by atoms with Gasteiger partial charge in [0.05, 0.1) is 5.60 Å². The minimum Gasteiger partial charge on any atom is -0.399 e. The second-order valence-electron chi connectivity index (χ2n) is 5.66. The van der Waals surface area contributed by atoms with E-state index in [9.17, 15) is 9.90 Å². The normalized spacial score (nSPS) is 17.4. The van der Waals surface area contributed by atoms with E-state index in [1.54, 1.807) is 30.1 Å². The van der Waals surface area contributed by atoms with Crippen LogP contribution in [0.1, 0.15) is 41.6 Å². The van der Waals surface area contributed by atoms with Gasteiger partial charge >= 0.3 is 0 Å². The van der Waals surface area contributed by atoms with Gasteiger partial charge in [0.1, 0.15) is 0 Å². The van der Waals surface area contributed by atoms with Gasteiger partial charge in [-0.2, -0.15) is 0 Å². The Morgan fingerprint density at radius 1 is 1.42 bits per heavy atom. The molecule has 4 heteroatoms. The molecule has 0 heterocycles. The number of carbonyl (C=O) groups excluding carboxylic acids is 1. The third-order valence-corrected chi connectivity index (χ3v) is 3.93. The Balaban J connectivity index is 2.08. The zero-order chi connectivity index (χ0) is 14.0. The average Bonchev–Trinajstić information content (AvgIpc) is 2.78. The van der Waals surface area contributed by atoms with Crippen molar-refractivity contribution >= 4 is 11.6 Å². The molecule has 104 valence electrons. The van der Waals surface area contributed by atoms with Crippen LogP contribution in [0.15, 0.2) is 18.2 Å². The van der Waals surface area contributed by atoms with Crippen LogP contribution in [0.25, 0.3) is 0 Å². The van der Waals surface area contributed by atoms with E-state index in [-0.39, 0.29) is 5.91 Å². The molecule has 0 saturated heterocycles. The van der Waals surface area contributed by atoms with E-state index in [2.05, 4.69) is 0 Å². The van der Waals surface area contributed by atoms with Gasteiger partial charge in [-0.1, -0.05) is 12.8 Å². The number of likely N-dealkylation sites (N-methyl/N-ethyl adjacent to an activating group) is 1. The number of nitrogen functional groups attached to an aromatic ring is 1. The van der Waals surface area contributed by atoms with Crippen LogP contribution in [0.2, 0.25) is 0 Å². The lowest BCUT2D eigenvalue weighted by Gasteiger charge is -2.28. The Labute approximate surface area is 114 Å². The monoisotopic (exact) mass is 262 g/mol. The van der Waals surface area contributed by atoms with Gasteiger partial charge in [-0.3, -0.25) is 4.79 Å². The van der Waals surface area contributed by atoms with E-state index < -0.39 is 5.60 Å². The van der Waals surface area contributed by atoms with Gasteiger partial charge in [0.2, 0.25) is 0 Å². The molecule has 0 atom stereocenters. The molecule has 1 aromatic carbocycles. The molecule has 1 fully saturated rings. The van der Waals surface area contributed by atoms with Crippen LogP contribution in [0, 0.1) is 6.92 Å². The van der Waals surface area contributed by atoms with E-state index >= 15 is 0 Å². The predicted molar refractivity (Wildman–Crippen MR) is 76.0 cm³/mol. The quantitative estimate of drug-likeness (QED) is 0.818. The van der Waals surface area contributed by atoms with Crippen molar-refractivity contribution in [1.82, 2.24) is 4.90 Å². The molecule has 0 bridgehead atoms. The minimum atomic E-state index is -0.701. The number of benzene rings is 1. The number of rotatable bonds is 3. The standard InChI is InChI=1S/C15H22N2O2/c1-11-9-12(5-6-13(11)16)14(18)17(2)10-15(19)7-3-4-8-15/h5-6,9,19H,3-4,7-8,10,16H2,1-2H3. The Kier molecular flexibility index (Phi) is 3.80. The van der Waals surface area contributed by atoms with Gasteiger partial charge in [0.25, 0.3) is 5.91 Å². The Morgan fingerprint density at radius 2 is 2.05 bits per heavy atom. The largest absolute Gasteiger partial charge is 0.399 e. The minimum absolute atomic E-state index is 0.0663. The second-order valence-corrected chi connectivity index (χ2v) is 5.66. The average molecular weight is 262 g/mol. The summed E-state index contributed by atoms with van der Waals surface area (Å²) in [5.41, 5.74) is 7.26. The SMILES string of the molecule is Cc1cc(C(=O)N(C)CC2(O)CCCC2)ccc1N. The molecule has 3 N–H and O–H groups in total. The van der Waals surface area contributed by atoms with Crippen molar-refractivity contribution in [3.63, 3.8) is 0 Å². The van der Waals surface area contributed by atoms with E-state index in [1.807, 2.05) is 6.92 Å². The van der Waals surface area contributed by atoms with E-state index in [0.29, 0.717) is 17.8 Å². The Hall–Kier alpha value is -1.55. The lowest BCUT2D eigenvalue weighted by Crippen LogP contribution is -2.42. The van der Waals surface area contributed by atoms with Crippen molar-refractivity contribution in [3.05, 3.63) is 29.3 Å². The molecular weight excluding hydrogens is 240 g/mol. The summed E-state index contributed by atoms with van der Waals surface area (Å²) < 4.78 is 0. The van der Waals surface area contributed by atoms with E-state index in [4.69, 9.17) is 5.73 Å². The second kappa shape index (κ2) is 5.21. The molecular formula is C15H22N2O2. The number of hydrogen-bond acceptors (Lipinski definition) is 3. The van der Waals surface area contributed by atoms with Crippen LogP contribution < -0.4 is 5.73 Å². The number of amides is 1. The third kappa shape index (κ3) is 3.07. The fourth-order valence-electron chi connectivity index (χ4n) is 2.73. The molecule has 0 unspecified atom stereocenters. The van der Waals surface area contributed by atoms with Crippen LogP contribution in [-0.4, -0.2) is 35.1 Å². The molecule has 0 spiro atoms. The molecule has 1 aromatic rings. The molecule has 0 radical (unpaired) electrons. The van der Waals surface area contributed by atoms with Crippen molar-refractivity contribution in [2.24, 2.45) is 0 Å². The molecule has 1 amide bonds. The van der Waals surface area contributed by atoms with Crippen LogP contribution in [0.3, 0.4) is 0 Å². The van der Waals surface area contributed by atoms with Gasteiger partial charge in [0.15, 0.2) is 0 Å².